The third-order valence-corrected chi connectivity index (χ3v) is 2.18. The highest BCUT2D eigenvalue weighted by Gasteiger charge is 2.17. The molecule has 78 valence electrons. The lowest BCUT2D eigenvalue weighted by molar-refractivity contribution is 0.452. The fourth-order valence-corrected chi connectivity index (χ4v) is 1.45. The van der Waals surface area contributed by atoms with Crippen molar-refractivity contribution in [2.24, 2.45) is 5.84 Å². The van der Waals surface area contributed by atoms with Gasteiger partial charge in [0, 0.05) is 11.8 Å². The van der Waals surface area contributed by atoms with E-state index < -0.39 is 0 Å². The van der Waals surface area contributed by atoms with Crippen molar-refractivity contribution in [3.05, 3.63) is 48.0 Å². The van der Waals surface area contributed by atoms with Crippen LogP contribution in [0.15, 0.2) is 41.1 Å². The second-order valence-electron chi connectivity index (χ2n) is 3.09. The van der Waals surface area contributed by atoms with Gasteiger partial charge in [-0.1, -0.05) is 6.07 Å². The summed E-state index contributed by atoms with van der Waals surface area (Å²) in [4.78, 5) is 4.00. The van der Waals surface area contributed by atoms with Gasteiger partial charge in [-0.15, -0.1) is 0 Å². The fraction of sp³-hybridized carbons (Fsp3) is 0.100. The highest BCUT2D eigenvalue weighted by molar-refractivity contribution is 5.43. The number of hydrazine groups is 1. The maximum absolute atomic E-state index is 5.75. The molecule has 2 heterocycles. The molecule has 0 saturated heterocycles. The van der Waals surface area contributed by atoms with Crippen molar-refractivity contribution < 1.29 is 4.42 Å². The maximum atomic E-state index is 5.75. The van der Waals surface area contributed by atoms with Crippen LogP contribution in [0.25, 0.3) is 0 Å². The number of furan rings is 1. The Morgan fingerprint density at radius 3 is 2.80 bits per heavy atom. The summed E-state index contributed by atoms with van der Waals surface area (Å²) in [7, 11) is 0. The zero-order valence-electron chi connectivity index (χ0n) is 8.05. The third-order valence-electron chi connectivity index (χ3n) is 2.18. The number of nitrogen functional groups attached to an aromatic ring is 1. The Morgan fingerprint density at radius 1 is 1.33 bits per heavy atom. The molecule has 2 aromatic heterocycles. The number of nitrogens with two attached hydrogens (primary N) is 2. The molecule has 0 saturated carbocycles. The summed E-state index contributed by atoms with van der Waals surface area (Å²) in [6.07, 6.45) is 3.22. The fourth-order valence-electron chi connectivity index (χ4n) is 1.45. The minimum atomic E-state index is -0.270. The largest absolute Gasteiger partial charge is 0.467 e. The van der Waals surface area contributed by atoms with Crippen LogP contribution in [0.4, 0.5) is 5.82 Å². The lowest BCUT2D eigenvalue weighted by Crippen LogP contribution is -2.29. The first-order valence-electron chi connectivity index (χ1n) is 4.53. The topological polar surface area (TPSA) is 90.1 Å². The number of pyridine rings is 1. The van der Waals surface area contributed by atoms with E-state index in [1.165, 1.54) is 0 Å². The molecule has 5 heteroatoms. The predicted molar refractivity (Wildman–Crippen MR) is 56.5 cm³/mol. The maximum Gasteiger partial charge on any atom is 0.128 e. The van der Waals surface area contributed by atoms with E-state index in [0.29, 0.717) is 11.6 Å². The molecular formula is C10H12N4O. The first-order chi connectivity index (χ1) is 7.33. The molecule has 0 fully saturated rings. The van der Waals surface area contributed by atoms with Crippen LogP contribution in [0, 0.1) is 0 Å². The third kappa shape index (κ3) is 1.83. The smallest absolute Gasteiger partial charge is 0.128 e. The number of aromatic nitrogens is 1. The van der Waals surface area contributed by atoms with E-state index in [9.17, 15) is 0 Å². The van der Waals surface area contributed by atoms with E-state index in [4.69, 9.17) is 16.0 Å². The minimum Gasteiger partial charge on any atom is -0.467 e. The van der Waals surface area contributed by atoms with Crippen LogP contribution in [0.2, 0.25) is 0 Å². The monoisotopic (exact) mass is 204 g/mol. The normalized spacial score (nSPS) is 12.6. The van der Waals surface area contributed by atoms with Crippen molar-refractivity contribution in [3.8, 4) is 0 Å². The van der Waals surface area contributed by atoms with E-state index in [0.717, 1.165) is 5.56 Å². The first-order valence-corrected chi connectivity index (χ1v) is 4.53. The molecule has 5 N–H and O–H groups in total. The average Bonchev–Trinajstić information content (AvgIpc) is 2.75. The van der Waals surface area contributed by atoms with Crippen LogP contribution in [0.1, 0.15) is 17.4 Å². The van der Waals surface area contributed by atoms with Crippen LogP contribution in [0.3, 0.4) is 0 Å². The van der Waals surface area contributed by atoms with Crippen LogP contribution in [-0.4, -0.2) is 4.98 Å². The highest BCUT2D eigenvalue weighted by atomic mass is 16.3. The van der Waals surface area contributed by atoms with Gasteiger partial charge in [0.1, 0.15) is 17.6 Å². The molecule has 1 atom stereocenters. The SMILES string of the molecule is NNC(c1ccco1)c1cccnc1N. The first kappa shape index (κ1) is 9.70. The van der Waals surface area contributed by atoms with E-state index in [1.807, 2.05) is 12.1 Å². The lowest BCUT2D eigenvalue weighted by atomic mass is 10.1. The van der Waals surface area contributed by atoms with Gasteiger partial charge in [-0.25, -0.2) is 10.4 Å². The molecule has 1 unspecified atom stereocenters. The molecule has 0 aromatic carbocycles. The summed E-state index contributed by atoms with van der Waals surface area (Å²) in [5.41, 5.74) is 9.20. The second kappa shape index (κ2) is 4.12. The van der Waals surface area contributed by atoms with Crippen LogP contribution in [0.5, 0.6) is 0 Å². The number of hydrogen-bond donors (Lipinski definition) is 3. The quantitative estimate of drug-likeness (QED) is 0.508. The molecular weight excluding hydrogens is 192 g/mol. The van der Waals surface area contributed by atoms with Gasteiger partial charge in [0.25, 0.3) is 0 Å². The zero-order chi connectivity index (χ0) is 10.7. The Balaban J connectivity index is 2.40. The second-order valence-corrected chi connectivity index (χ2v) is 3.09. The van der Waals surface area contributed by atoms with Gasteiger partial charge in [0.2, 0.25) is 0 Å². The number of rotatable bonds is 3. The molecule has 0 radical (unpaired) electrons. The molecule has 5 nitrogen and oxygen atoms in total. The lowest BCUT2D eigenvalue weighted by Gasteiger charge is -2.14. The van der Waals surface area contributed by atoms with Gasteiger partial charge in [-0.2, -0.15) is 0 Å². The van der Waals surface area contributed by atoms with Gasteiger partial charge in [0.05, 0.1) is 6.26 Å². The highest BCUT2D eigenvalue weighted by Crippen LogP contribution is 2.24. The van der Waals surface area contributed by atoms with Crippen molar-refractivity contribution >= 4 is 5.82 Å². The molecule has 2 rings (SSSR count). The Kier molecular flexibility index (Phi) is 2.66. The Morgan fingerprint density at radius 2 is 2.20 bits per heavy atom. The molecule has 2 aromatic rings. The van der Waals surface area contributed by atoms with E-state index >= 15 is 0 Å². The summed E-state index contributed by atoms with van der Waals surface area (Å²) in [6, 6.07) is 7.02. The van der Waals surface area contributed by atoms with Crippen molar-refractivity contribution in [1.82, 2.24) is 10.4 Å². The summed E-state index contributed by atoms with van der Waals surface area (Å²) in [5, 5.41) is 0. The van der Waals surface area contributed by atoms with Gasteiger partial charge in [-0.3, -0.25) is 5.84 Å². The van der Waals surface area contributed by atoms with Gasteiger partial charge < -0.3 is 10.2 Å². The molecule has 0 aliphatic rings. The van der Waals surface area contributed by atoms with Crippen molar-refractivity contribution in [3.63, 3.8) is 0 Å². The molecule has 0 amide bonds. The zero-order valence-corrected chi connectivity index (χ0v) is 8.05. The standard InChI is InChI=1S/C10H12N4O/c11-10-7(3-1-5-13-10)9(14-12)8-4-2-6-15-8/h1-6,9,14H,12H2,(H2,11,13). The summed E-state index contributed by atoms with van der Waals surface area (Å²) >= 11 is 0. The molecule has 0 aliphatic carbocycles. The predicted octanol–water partition coefficient (Wildman–Crippen LogP) is 0.809. The average molecular weight is 204 g/mol. The number of hydrogen-bond acceptors (Lipinski definition) is 5. The van der Waals surface area contributed by atoms with Crippen LogP contribution >= 0.6 is 0 Å². The van der Waals surface area contributed by atoms with Gasteiger partial charge in [0.15, 0.2) is 0 Å². The Labute approximate surface area is 87.1 Å². The summed E-state index contributed by atoms with van der Waals surface area (Å²) in [6.45, 7) is 0. The van der Waals surface area contributed by atoms with Crippen molar-refractivity contribution in [1.29, 1.82) is 0 Å². The number of nitrogens with one attached hydrogen (secondary N) is 1. The minimum absolute atomic E-state index is 0.270. The number of nitrogens with zero attached hydrogens (tertiary/aromatic N) is 1. The Hall–Kier alpha value is -1.85. The number of anilines is 1. The van der Waals surface area contributed by atoms with E-state index in [2.05, 4.69) is 10.4 Å². The van der Waals surface area contributed by atoms with Crippen LogP contribution in [-0.2, 0) is 0 Å². The summed E-state index contributed by atoms with van der Waals surface area (Å²) < 4.78 is 5.27. The van der Waals surface area contributed by atoms with E-state index in [1.54, 1.807) is 24.6 Å². The molecule has 15 heavy (non-hydrogen) atoms. The molecule has 0 spiro atoms. The van der Waals surface area contributed by atoms with Gasteiger partial charge in [-0.05, 0) is 18.2 Å². The summed E-state index contributed by atoms with van der Waals surface area (Å²) in [5.74, 6) is 6.62. The van der Waals surface area contributed by atoms with Gasteiger partial charge >= 0.3 is 0 Å². The van der Waals surface area contributed by atoms with Crippen molar-refractivity contribution in [2.45, 2.75) is 6.04 Å². The Bertz CT molecular complexity index is 427. The van der Waals surface area contributed by atoms with E-state index in [-0.39, 0.29) is 6.04 Å². The molecule has 0 aliphatic heterocycles. The van der Waals surface area contributed by atoms with Crippen LogP contribution < -0.4 is 17.0 Å². The van der Waals surface area contributed by atoms with Crippen molar-refractivity contribution in [2.75, 3.05) is 5.73 Å². The molecule has 0 bridgehead atoms.